The summed E-state index contributed by atoms with van der Waals surface area (Å²) in [5, 5.41) is 14.1. The number of aliphatic hydroxyl groups is 1. The van der Waals surface area contributed by atoms with Crippen LogP contribution in [0.4, 0.5) is 15.9 Å². The summed E-state index contributed by atoms with van der Waals surface area (Å²) in [7, 11) is 1.74. The van der Waals surface area contributed by atoms with E-state index in [0.29, 0.717) is 47.2 Å². The van der Waals surface area contributed by atoms with Crippen molar-refractivity contribution < 1.29 is 14.2 Å². The number of fused-ring (bicyclic) bond motifs is 3. The first-order valence-corrected chi connectivity index (χ1v) is 10.7. The number of nitrogens with zero attached hydrogens (tertiary/aromatic N) is 5. The van der Waals surface area contributed by atoms with E-state index in [2.05, 4.69) is 35.1 Å². The molecule has 1 aliphatic heterocycles. The zero-order valence-electron chi connectivity index (χ0n) is 18.6. The number of aliphatic hydroxyl groups excluding tert-OH is 1. The highest BCUT2D eigenvalue weighted by Crippen LogP contribution is 2.39. The Hall–Kier alpha value is -3.79. The van der Waals surface area contributed by atoms with Gasteiger partial charge in [0.05, 0.1) is 35.6 Å². The molecule has 170 valence electrons. The molecule has 0 atom stereocenters. The summed E-state index contributed by atoms with van der Waals surface area (Å²) in [6.07, 6.45) is 3.92. The smallest absolute Gasteiger partial charge is 0.326 e. The number of halogens is 1. The lowest BCUT2D eigenvalue weighted by Gasteiger charge is -2.37. The molecule has 5 rings (SSSR count). The summed E-state index contributed by atoms with van der Waals surface area (Å²) in [6.45, 7) is 5.12. The molecule has 3 N–H and O–H groups in total. The van der Waals surface area contributed by atoms with Gasteiger partial charge in [0.2, 0.25) is 0 Å². The van der Waals surface area contributed by atoms with Crippen molar-refractivity contribution in [2.24, 2.45) is 0 Å². The molecule has 3 aromatic heterocycles. The lowest BCUT2D eigenvalue weighted by atomic mass is 9.99. The lowest BCUT2D eigenvalue weighted by Crippen LogP contribution is -2.42. The Morgan fingerprint density at radius 3 is 2.67 bits per heavy atom. The molecule has 1 fully saturated rings. The van der Waals surface area contributed by atoms with Gasteiger partial charge in [0, 0.05) is 25.5 Å². The van der Waals surface area contributed by atoms with E-state index in [1.807, 2.05) is 6.92 Å². The molecule has 0 amide bonds. The Morgan fingerprint density at radius 2 is 2.00 bits per heavy atom. The number of nitrogens with one attached hydrogen (secondary N) is 2. The Labute approximate surface area is 189 Å². The van der Waals surface area contributed by atoms with Crippen LogP contribution in [0.1, 0.15) is 19.2 Å². The molecule has 9 nitrogen and oxygen atoms in total. The normalized spacial score (nSPS) is 13.5. The molecule has 4 heterocycles. The molecular weight excluding hydrogens is 425 g/mol. The van der Waals surface area contributed by atoms with Gasteiger partial charge >= 0.3 is 6.01 Å². The number of aromatic nitrogens is 5. The van der Waals surface area contributed by atoms with Crippen LogP contribution in [0, 0.1) is 12.7 Å². The van der Waals surface area contributed by atoms with Crippen molar-refractivity contribution in [2.45, 2.75) is 20.3 Å². The van der Waals surface area contributed by atoms with Crippen LogP contribution in [0.3, 0.4) is 0 Å². The SMILES string of the molecule is CCC(CO)=C1CN(c2nc(Oc3cnc(C)nc3)nc3[nH]c4c(NC)cc(F)cc4c23)C1. The van der Waals surface area contributed by atoms with Gasteiger partial charge < -0.3 is 25.0 Å². The van der Waals surface area contributed by atoms with Crippen molar-refractivity contribution in [3.8, 4) is 11.8 Å². The topological polar surface area (TPSA) is 112 Å². The van der Waals surface area contributed by atoms with E-state index in [0.717, 1.165) is 22.9 Å². The molecule has 0 spiro atoms. The minimum absolute atomic E-state index is 0.0461. The standard InChI is InChI=1S/C23H24FN7O2/c1-4-13(11-32)14-9-31(10-14)22-19-17-5-15(24)6-18(25-3)20(17)28-21(19)29-23(30-22)33-16-7-26-12(2)27-8-16/h5-8,25,32H,4,9-11H2,1-3H3,(H,28,29,30). The summed E-state index contributed by atoms with van der Waals surface area (Å²) in [6, 6.07) is 3.06. The second-order valence-corrected chi connectivity index (χ2v) is 7.95. The monoisotopic (exact) mass is 449 g/mol. The first-order chi connectivity index (χ1) is 16.0. The van der Waals surface area contributed by atoms with Gasteiger partial charge in [0.15, 0.2) is 5.75 Å². The fourth-order valence-electron chi connectivity index (χ4n) is 4.10. The Bertz CT molecular complexity index is 1370. The van der Waals surface area contributed by atoms with Crippen molar-refractivity contribution in [2.75, 3.05) is 37.0 Å². The van der Waals surface area contributed by atoms with Crippen LogP contribution in [0.5, 0.6) is 11.8 Å². The van der Waals surface area contributed by atoms with Crippen LogP contribution >= 0.6 is 0 Å². The minimum atomic E-state index is -0.353. The number of aryl methyl sites for hydroxylation is 1. The van der Waals surface area contributed by atoms with E-state index in [-0.39, 0.29) is 18.4 Å². The molecule has 0 saturated carbocycles. The molecule has 4 aromatic rings. The molecule has 1 saturated heterocycles. The molecule has 0 bridgehead atoms. The van der Waals surface area contributed by atoms with Crippen LogP contribution in [-0.2, 0) is 0 Å². The van der Waals surface area contributed by atoms with E-state index in [4.69, 9.17) is 4.74 Å². The molecule has 10 heteroatoms. The Balaban J connectivity index is 1.66. The number of hydrogen-bond donors (Lipinski definition) is 3. The van der Waals surface area contributed by atoms with Gasteiger partial charge in [-0.05, 0) is 36.6 Å². The average molecular weight is 449 g/mol. The highest BCUT2D eigenvalue weighted by atomic mass is 19.1. The van der Waals surface area contributed by atoms with E-state index in [9.17, 15) is 9.50 Å². The van der Waals surface area contributed by atoms with Crippen molar-refractivity contribution in [3.05, 3.63) is 47.3 Å². The van der Waals surface area contributed by atoms with E-state index in [1.54, 1.807) is 26.4 Å². The summed E-state index contributed by atoms with van der Waals surface area (Å²) >= 11 is 0. The third kappa shape index (κ3) is 3.72. The van der Waals surface area contributed by atoms with Crippen molar-refractivity contribution in [3.63, 3.8) is 0 Å². The van der Waals surface area contributed by atoms with Gasteiger partial charge in [-0.2, -0.15) is 9.97 Å². The quantitative estimate of drug-likeness (QED) is 0.382. The third-order valence-corrected chi connectivity index (χ3v) is 5.90. The maximum Gasteiger partial charge on any atom is 0.326 e. The summed E-state index contributed by atoms with van der Waals surface area (Å²) in [5.41, 5.74) is 4.12. The fourth-order valence-corrected chi connectivity index (χ4v) is 4.10. The van der Waals surface area contributed by atoms with Gasteiger partial charge in [0.1, 0.15) is 23.1 Å². The van der Waals surface area contributed by atoms with Gasteiger partial charge in [-0.1, -0.05) is 6.92 Å². The summed E-state index contributed by atoms with van der Waals surface area (Å²) in [5.74, 6) is 1.33. The highest BCUT2D eigenvalue weighted by Gasteiger charge is 2.28. The first kappa shape index (κ1) is 21.1. The third-order valence-electron chi connectivity index (χ3n) is 5.90. The van der Waals surface area contributed by atoms with E-state index < -0.39 is 0 Å². The van der Waals surface area contributed by atoms with Crippen LogP contribution in [0.15, 0.2) is 35.7 Å². The van der Waals surface area contributed by atoms with Gasteiger partial charge in [-0.3, -0.25) is 0 Å². The van der Waals surface area contributed by atoms with E-state index in [1.165, 1.54) is 17.7 Å². The molecule has 1 aliphatic rings. The number of ether oxygens (including phenoxy) is 1. The molecule has 0 unspecified atom stereocenters. The maximum atomic E-state index is 14.4. The van der Waals surface area contributed by atoms with Gasteiger partial charge in [-0.25, -0.2) is 14.4 Å². The molecule has 0 radical (unpaired) electrons. The number of hydrogen-bond acceptors (Lipinski definition) is 8. The van der Waals surface area contributed by atoms with Crippen LogP contribution in [-0.4, -0.2) is 56.8 Å². The van der Waals surface area contributed by atoms with Gasteiger partial charge in [-0.15, -0.1) is 0 Å². The highest BCUT2D eigenvalue weighted by molar-refractivity contribution is 6.14. The Morgan fingerprint density at radius 1 is 1.24 bits per heavy atom. The molecular formula is C23H24FN7O2. The summed E-state index contributed by atoms with van der Waals surface area (Å²) < 4.78 is 20.3. The lowest BCUT2D eigenvalue weighted by molar-refractivity contribution is 0.324. The number of benzene rings is 1. The maximum absolute atomic E-state index is 14.4. The first-order valence-electron chi connectivity index (χ1n) is 10.7. The second-order valence-electron chi connectivity index (χ2n) is 7.95. The molecule has 33 heavy (non-hydrogen) atoms. The number of aromatic amines is 1. The predicted octanol–water partition coefficient (Wildman–Crippen LogP) is 3.70. The minimum Gasteiger partial charge on any atom is -0.421 e. The Kier molecular flexibility index (Phi) is 5.29. The largest absolute Gasteiger partial charge is 0.421 e. The summed E-state index contributed by atoms with van der Waals surface area (Å²) in [4.78, 5) is 22.9. The van der Waals surface area contributed by atoms with Gasteiger partial charge in [0.25, 0.3) is 0 Å². The number of H-pyrrole nitrogens is 1. The van der Waals surface area contributed by atoms with E-state index >= 15 is 0 Å². The van der Waals surface area contributed by atoms with Crippen LogP contribution < -0.4 is 15.0 Å². The number of anilines is 2. The second kappa shape index (κ2) is 8.28. The molecule has 1 aromatic carbocycles. The van der Waals surface area contributed by atoms with Crippen molar-refractivity contribution in [1.82, 2.24) is 24.9 Å². The zero-order chi connectivity index (χ0) is 23.1. The zero-order valence-corrected chi connectivity index (χ0v) is 18.6. The average Bonchev–Trinajstić information content (AvgIpc) is 3.14. The van der Waals surface area contributed by atoms with Crippen molar-refractivity contribution in [1.29, 1.82) is 0 Å². The number of rotatable bonds is 6. The van der Waals surface area contributed by atoms with Crippen molar-refractivity contribution >= 4 is 33.4 Å². The molecule has 0 aliphatic carbocycles. The predicted molar refractivity (Wildman–Crippen MR) is 124 cm³/mol. The van der Waals surface area contributed by atoms with Crippen LogP contribution in [0.25, 0.3) is 21.9 Å². The fraction of sp³-hybridized carbons (Fsp3) is 0.304. The van der Waals surface area contributed by atoms with Crippen LogP contribution in [0.2, 0.25) is 0 Å².